The Kier molecular flexibility index (Phi) is 4.83. The molecule has 0 aliphatic heterocycles. The van der Waals surface area contributed by atoms with Crippen LogP contribution in [0.3, 0.4) is 0 Å². The van der Waals surface area contributed by atoms with Gasteiger partial charge in [0.25, 0.3) is 0 Å². The van der Waals surface area contributed by atoms with Crippen LogP contribution >= 0.6 is 0 Å². The van der Waals surface area contributed by atoms with Gasteiger partial charge in [-0.05, 0) is 24.1 Å². The largest absolute Gasteiger partial charge is 0.480 e. The van der Waals surface area contributed by atoms with E-state index < -0.39 is 12.0 Å². The molecule has 0 unspecified atom stereocenters. The molecule has 0 saturated carbocycles. The second-order valence-electron chi connectivity index (χ2n) is 6.62. The van der Waals surface area contributed by atoms with Gasteiger partial charge >= 0.3 is 5.97 Å². The Labute approximate surface area is 162 Å². The molecule has 0 fully saturated rings. The Balaban J connectivity index is 1.88. The summed E-state index contributed by atoms with van der Waals surface area (Å²) in [7, 11) is 0. The monoisotopic (exact) mass is 369 g/mol. The molecule has 5 heteroatoms. The Hall–Kier alpha value is -3.57. The molecule has 1 heterocycles. The number of nitrogens with zero attached hydrogens (tertiary/aromatic N) is 2. The molecule has 0 aliphatic carbocycles. The third-order valence-electron chi connectivity index (χ3n) is 4.60. The number of carboxylic acids is 1. The van der Waals surface area contributed by atoms with E-state index in [2.05, 4.69) is 0 Å². The molecule has 28 heavy (non-hydrogen) atoms. The molecule has 0 radical (unpaired) electrons. The molecule has 3 N–H and O–H groups in total. The van der Waals surface area contributed by atoms with Gasteiger partial charge < -0.3 is 10.8 Å². The summed E-state index contributed by atoms with van der Waals surface area (Å²) < 4.78 is 0. The molecule has 3 aromatic carbocycles. The van der Waals surface area contributed by atoms with Gasteiger partial charge in [0.1, 0.15) is 6.04 Å². The molecule has 0 spiro atoms. The molecule has 0 bridgehead atoms. The Bertz CT molecular complexity index is 1130. The number of nitrogens with two attached hydrogens (primary N) is 1. The second-order valence-corrected chi connectivity index (χ2v) is 6.62. The van der Waals surface area contributed by atoms with E-state index in [1.54, 1.807) is 0 Å². The lowest BCUT2D eigenvalue weighted by molar-refractivity contribution is -0.138. The number of benzene rings is 3. The zero-order chi connectivity index (χ0) is 19.5. The number of hydrogen-bond acceptors (Lipinski definition) is 4. The van der Waals surface area contributed by atoms with Crippen molar-refractivity contribution in [1.82, 2.24) is 9.97 Å². The fourth-order valence-electron chi connectivity index (χ4n) is 3.16. The zero-order valence-corrected chi connectivity index (χ0v) is 15.1. The summed E-state index contributed by atoms with van der Waals surface area (Å²) in [6.45, 7) is 0. The van der Waals surface area contributed by atoms with Gasteiger partial charge in [0, 0.05) is 11.1 Å². The highest BCUT2D eigenvalue weighted by atomic mass is 16.4. The summed E-state index contributed by atoms with van der Waals surface area (Å²) in [5, 5.41) is 9.06. The lowest BCUT2D eigenvalue weighted by Crippen LogP contribution is -2.32. The van der Waals surface area contributed by atoms with E-state index in [-0.39, 0.29) is 6.42 Å². The highest BCUT2D eigenvalue weighted by Crippen LogP contribution is 2.31. The first-order valence-corrected chi connectivity index (χ1v) is 9.02. The van der Waals surface area contributed by atoms with Crippen molar-refractivity contribution in [3.8, 4) is 22.5 Å². The second kappa shape index (κ2) is 7.58. The lowest BCUT2D eigenvalue weighted by atomic mass is 10.0. The average molecular weight is 369 g/mol. The quantitative estimate of drug-likeness (QED) is 0.557. The number of fused-ring (bicyclic) bond motifs is 1. The van der Waals surface area contributed by atoms with Crippen molar-refractivity contribution in [3.63, 3.8) is 0 Å². The Morgan fingerprint density at radius 2 is 1.36 bits per heavy atom. The predicted octanol–water partition coefficient (Wildman–Crippen LogP) is 3.92. The van der Waals surface area contributed by atoms with E-state index in [9.17, 15) is 4.79 Å². The van der Waals surface area contributed by atoms with Crippen LogP contribution in [-0.4, -0.2) is 27.1 Å². The van der Waals surface area contributed by atoms with E-state index >= 15 is 0 Å². The molecule has 0 amide bonds. The molecule has 138 valence electrons. The van der Waals surface area contributed by atoms with Crippen LogP contribution in [0.4, 0.5) is 0 Å². The van der Waals surface area contributed by atoms with Crippen LogP contribution in [0, 0.1) is 0 Å². The summed E-state index contributed by atoms with van der Waals surface area (Å²) >= 11 is 0. The van der Waals surface area contributed by atoms with Gasteiger partial charge in [0.05, 0.1) is 22.4 Å². The smallest absolute Gasteiger partial charge is 0.320 e. The van der Waals surface area contributed by atoms with E-state index in [0.717, 1.165) is 33.6 Å². The number of rotatable bonds is 5. The number of hydrogen-bond donors (Lipinski definition) is 2. The predicted molar refractivity (Wildman–Crippen MR) is 110 cm³/mol. The van der Waals surface area contributed by atoms with E-state index in [4.69, 9.17) is 20.8 Å². The highest BCUT2D eigenvalue weighted by molar-refractivity contribution is 5.86. The van der Waals surface area contributed by atoms with Gasteiger partial charge in [-0.1, -0.05) is 66.7 Å². The number of aromatic nitrogens is 2. The van der Waals surface area contributed by atoms with Crippen LogP contribution < -0.4 is 5.73 Å². The SMILES string of the molecule is N[C@@H](Cc1ccc2nc(-c3ccccc3)c(-c3ccccc3)nc2c1)C(=O)O. The summed E-state index contributed by atoms with van der Waals surface area (Å²) in [5.41, 5.74) is 11.5. The van der Waals surface area contributed by atoms with Crippen LogP contribution in [0.1, 0.15) is 5.56 Å². The molecular weight excluding hydrogens is 350 g/mol. The summed E-state index contributed by atoms with van der Waals surface area (Å²) in [4.78, 5) is 20.8. The normalized spacial score (nSPS) is 12.0. The van der Waals surface area contributed by atoms with Crippen LogP contribution in [0.15, 0.2) is 78.9 Å². The molecule has 5 nitrogen and oxygen atoms in total. The van der Waals surface area contributed by atoms with E-state index in [1.807, 2.05) is 78.9 Å². The van der Waals surface area contributed by atoms with Crippen LogP contribution in [0.25, 0.3) is 33.5 Å². The maximum Gasteiger partial charge on any atom is 0.320 e. The van der Waals surface area contributed by atoms with Crippen molar-refractivity contribution >= 4 is 17.0 Å². The van der Waals surface area contributed by atoms with Crippen molar-refractivity contribution in [2.75, 3.05) is 0 Å². The van der Waals surface area contributed by atoms with Gasteiger partial charge in [0.2, 0.25) is 0 Å². The van der Waals surface area contributed by atoms with Crippen molar-refractivity contribution in [1.29, 1.82) is 0 Å². The average Bonchev–Trinajstić information content (AvgIpc) is 2.74. The Morgan fingerprint density at radius 1 is 0.821 bits per heavy atom. The first-order chi connectivity index (χ1) is 13.6. The highest BCUT2D eigenvalue weighted by Gasteiger charge is 2.15. The zero-order valence-electron chi connectivity index (χ0n) is 15.1. The number of carbonyl (C=O) groups is 1. The van der Waals surface area contributed by atoms with Crippen molar-refractivity contribution in [3.05, 3.63) is 84.4 Å². The van der Waals surface area contributed by atoms with Gasteiger partial charge in [-0.15, -0.1) is 0 Å². The van der Waals surface area contributed by atoms with Crippen molar-refractivity contribution < 1.29 is 9.90 Å². The molecule has 4 aromatic rings. The molecule has 4 rings (SSSR count). The molecule has 1 atom stereocenters. The number of carboxylic acid groups (broad SMARTS) is 1. The third-order valence-corrected chi connectivity index (χ3v) is 4.60. The van der Waals surface area contributed by atoms with Gasteiger partial charge in [-0.3, -0.25) is 4.79 Å². The summed E-state index contributed by atoms with van der Waals surface area (Å²) in [6, 6.07) is 24.5. The first kappa shape index (κ1) is 17.8. The minimum atomic E-state index is -1.02. The summed E-state index contributed by atoms with van der Waals surface area (Å²) in [5.74, 6) is -1.02. The maximum absolute atomic E-state index is 11.1. The lowest BCUT2D eigenvalue weighted by Gasteiger charge is -2.12. The van der Waals surface area contributed by atoms with E-state index in [1.165, 1.54) is 0 Å². The van der Waals surface area contributed by atoms with Crippen molar-refractivity contribution in [2.45, 2.75) is 12.5 Å². The Morgan fingerprint density at radius 3 is 1.89 bits per heavy atom. The van der Waals surface area contributed by atoms with Gasteiger partial charge in [-0.25, -0.2) is 9.97 Å². The fourth-order valence-corrected chi connectivity index (χ4v) is 3.16. The van der Waals surface area contributed by atoms with Gasteiger partial charge in [0.15, 0.2) is 0 Å². The summed E-state index contributed by atoms with van der Waals surface area (Å²) in [6.07, 6.45) is 0.244. The van der Waals surface area contributed by atoms with Crippen LogP contribution in [0.5, 0.6) is 0 Å². The van der Waals surface area contributed by atoms with Gasteiger partial charge in [-0.2, -0.15) is 0 Å². The third kappa shape index (κ3) is 3.61. The van der Waals surface area contributed by atoms with Crippen LogP contribution in [0.2, 0.25) is 0 Å². The fraction of sp³-hybridized carbons (Fsp3) is 0.0870. The van der Waals surface area contributed by atoms with E-state index in [0.29, 0.717) is 5.52 Å². The topological polar surface area (TPSA) is 89.1 Å². The van der Waals surface area contributed by atoms with Crippen molar-refractivity contribution in [2.24, 2.45) is 5.73 Å². The molecule has 0 saturated heterocycles. The molecular formula is C23H19N3O2. The maximum atomic E-state index is 11.1. The minimum Gasteiger partial charge on any atom is -0.480 e. The first-order valence-electron chi connectivity index (χ1n) is 9.02. The standard InChI is InChI=1S/C23H19N3O2/c24-18(23(27)28)13-15-11-12-19-20(14-15)26-22(17-9-5-2-6-10-17)21(25-19)16-7-3-1-4-8-16/h1-12,14,18H,13,24H2,(H,27,28)/t18-/m0/s1. The molecule has 1 aromatic heterocycles. The minimum absolute atomic E-state index is 0.244. The number of aliphatic carboxylic acids is 1. The molecule has 0 aliphatic rings. The van der Waals surface area contributed by atoms with Crippen LogP contribution in [-0.2, 0) is 11.2 Å².